The van der Waals surface area contributed by atoms with Gasteiger partial charge in [-0.1, -0.05) is 11.6 Å². The second-order valence-corrected chi connectivity index (χ2v) is 8.92. The second kappa shape index (κ2) is 7.47. The number of amides is 1. The number of esters is 1. The van der Waals surface area contributed by atoms with E-state index in [2.05, 4.69) is 5.32 Å². The van der Waals surface area contributed by atoms with Crippen LogP contribution in [0.4, 0.5) is 0 Å². The average molecular weight is 408 g/mol. The summed E-state index contributed by atoms with van der Waals surface area (Å²) < 4.78 is 15.6. The van der Waals surface area contributed by atoms with Crippen LogP contribution in [-0.4, -0.2) is 38.2 Å². The summed E-state index contributed by atoms with van der Waals surface area (Å²) in [7, 11) is 2.93. The Labute approximate surface area is 169 Å². The Hall–Kier alpha value is -1.95. The molecule has 1 aromatic carbocycles. The quantitative estimate of drug-likeness (QED) is 0.729. The van der Waals surface area contributed by atoms with E-state index < -0.39 is 5.97 Å². The van der Waals surface area contributed by atoms with E-state index >= 15 is 0 Å². The van der Waals surface area contributed by atoms with Crippen LogP contribution in [-0.2, 0) is 9.53 Å². The molecule has 7 heteroatoms. The SMILES string of the molecule is COc1cc(C(=O)OCC(=O)NC23CC4CC(CC(C4)C2)C3)cc(Cl)c1OC. The van der Waals surface area contributed by atoms with E-state index in [1.54, 1.807) is 0 Å². The molecule has 0 spiro atoms. The lowest BCUT2D eigenvalue weighted by Crippen LogP contribution is -2.60. The lowest BCUT2D eigenvalue weighted by atomic mass is 9.53. The summed E-state index contributed by atoms with van der Waals surface area (Å²) in [5.74, 6) is 2.04. The minimum absolute atomic E-state index is 0.0924. The van der Waals surface area contributed by atoms with Crippen molar-refractivity contribution in [2.45, 2.75) is 44.1 Å². The van der Waals surface area contributed by atoms with Gasteiger partial charge in [0, 0.05) is 5.54 Å². The largest absolute Gasteiger partial charge is 0.493 e. The van der Waals surface area contributed by atoms with Crippen LogP contribution in [0, 0.1) is 17.8 Å². The number of benzene rings is 1. The van der Waals surface area contributed by atoms with Crippen molar-refractivity contribution < 1.29 is 23.8 Å². The van der Waals surface area contributed by atoms with Crippen LogP contribution in [0.2, 0.25) is 5.02 Å². The Bertz CT molecular complexity index is 758. The Balaban J connectivity index is 1.36. The van der Waals surface area contributed by atoms with Crippen molar-refractivity contribution in [2.75, 3.05) is 20.8 Å². The fourth-order valence-corrected chi connectivity index (χ4v) is 6.13. The summed E-state index contributed by atoms with van der Waals surface area (Å²) in [4.78, 5) is 24.9. The molecule has 1 aromatic rings. The predicted octanol–water partition coefficient (Wildman–Crippen LogP) is 3.60. The number of carbonyl (C=O) groups excluding carboxylic acids is 2. The smallest absolute Gasteiger partial charge is 0.338 e. The molecule has 6 nitrogen and oxygen atoms in total. The summed E-state index contributed by atoms with van der Waals surface area (Å²) in [6, 6.07) is 2.94. The third kappa shape index (κ3) is 3.66. The van der Waals surface area contributed by atoms with Gasteiger partial charge in [-0.3, -0.25) is 4.79 Å². The van der Waals surface area contributed by atoms with Crippen LogP contribution in [0.25, 0.3) is 0 Å². The standard InChI is InChI=1S/C21H26ClNO5/c1-26-17-7-15(6-16(22)19(17)27-2)20(25)28-11-18(24)23-21-8-12-3-13(9-21)5-14(4-12)10-21/h6-7,12-14H,3-5,8-11H2,1-2H3,(H,23,24). The van der Waals surface area contributed by atoms with Crippen molar-refractivity contribution in [3.63, 3.8) is 0 Å². The van der Waals surface area contributed by atoms with Gasteiger partial charge in [0.05, 0.1) is 24.8 Å². The first-order valence-electron chi connectivity index (χ1n) is 9.81. The number of carbonyl (C=O) groups is 2. The van der Waals surface area contributed by atoms with Gasteiger partial charge in [0.2, 0.25) is 0 Å². The van der Waals surface area contributed by atoms with Crippen molar-refractivity contribution in [1.29, 1.82) is 0 Å². The summed E-state index contributed by atoms with van der Waals surface area (Å²) in [6.07, 6.45) is 7.11. The Kier molecular flexibility index (Phi) is 5.17. The number of nitrogens with one attached hydrogen (secondary N) is 1. The molecule has 5 rings (SSSR count). The zero-order chi connectivity index (χ0) is 19.9. The monoisotopic (exact) mass is 407 g/mol. The molecule has 4 fully saturated rings. The van der Waals surface area contributed by atoms with Crippen molar-refractivity contribution in [1.82, 2.24) is 5.32 Å². The molecule has 4 bridgehead atoms. The second-order valence-electron chi connectivity index (χ2n) is 8.52. The highest BCUT2D eigenvalue weighted by molar-refractivity contribution is 6.32. The van der Waals surface area contributed by atoms with Gasteiger partial charge >= 0.3 is 5.97 Å². The minimum atomic E-state index is -0.622. The summed E-state index contributed by atoms with van der Waals surface area (Å²) in [6.45, 7) is -0.299. The minimum Gasteiger partial charge on any atom is -0.493 e. The Morgan fingerprint density at radius 3 is 2.21 bits per heavy atom. The number of rotatable bonds is 6. The molecule has 0 atom stereocenters. The molecule has 1 amide bonds. The molecule has 152 valence electrons. The molecule has 1 N–H and O–H groups in total. The van der Waals surface area contributed by atoms with E-state index in [9.17, 15) is 9.59 Å². The first kappa shape index (κ1) is 19.4. The molecular weight excluding hydrogens is 382 g/mol. The third-order valence-corrected chi connectivity index (χ3v) is 6.73. The Morgan fingerprint density at radius 2 is 1.68 bits per heavy atom. The molecule has 0 heterocycles. The predicted molar refractivity (Wildman–Crippen MR) is 104 cm³/mol. The molecule has 0 saturated heterocycles. The van der Waals surface area contributed by atoms with Crippen LogP contribution in [0.1, 0.15) is 48.9 Å². The summed E-state index contributed by atoms with van der Waals surface area (Å²) in [5.41, 5.74) is 0.121. The zero-order valence-corrected chi connectivity index (χ0v) is 17.0. The highest BCUT2D eigenvalue weighted by Gasteiger charge is 2.51. The van der Waals surface area contributed by atoms with Gasteiger partial charge in [0.15, 0.2) is 18.1 Å². The average Bonchev–Trinajstić information content (AvgIpc) is 2.63. The number of hydrogen-bond donors (Lipinski definition) is 1. The van der Waals surface area contributed by atoms with Gasteiger partial charge in [0.25, 0.3) is 5.91 Å². The van der Waals surface area contributed by atoms with E-state index in [0.29, 0.717) is 11.5 Å². The van der Waals surface area contributed by atoms with Gasteiger partial charge in [-0.05, 0) is 68.4 Å². The molecular formula is C21H26ClNO5. The molecule has 4 saturated carbocycles. The molecule has 4 aliphatic rings. The van der Waals surface area contributed by atoms with E-state index in [4.69, 9.17) is 25.8 Å². The van der Waals surface area contributed by atoms with Crippen LogP contribution < -0.4 is 14.8 Å². The van der Waals surface area contributed by atoms with Crippen LogP contribution in [0.3, 0.4) is 0 Å². The van der Waals surface area contributed by atoms with Gasteiger partial charge in [-0.25, -0.2) is 4.79 Å². The number of halogens is 1. The van der Waals surface area contributed by atoms with Crippen LogP contribution >= 0.6 is 11.6 Å². The van der Waals surface area contributed by atoms with Crippen LogP contribution in [0.5, 0.6) is 11.5 Å². The molecule has 0 aromatic heterocycles. The van der Waals surface area contributed by atoms with Gasteiger partial charge in [-0.2, -0.15) is 0 Å². The number of ether oxygens (including phenoxy) is 3. The summed E-state index contributed by atoms with van der Waals surface area (Å²) in [5, 5.41) is 3.44. The highest BCUT2D eigenvalue weighted by atomic mass is 35.5. The van der Waals surface area contributed by atoms with Gasteiger partial charge in [-0.15, -0.1) is 0 Å². The maximum absolute atomic E-state index is 12.5. The number of hydrogen-bond acceptors (Lipinski definition) is 5. The lowest BCUT2D eigenvalue weighted by molar-refractivity contribution is -0.130. The first-order chi connectivity index (χ1) is 13.4. The van der Waals surface area contributed by atoms with Crippen molar-refractivity contribution in [3.8, 4) is 11.5 Å². The van der Waals surface area contributed by atoms with E-state index in [0.717, 1.165) is 37.0 Å². The van der Waals surface area contributed by atoms with E-state index in [1.165, 1.54) is 45.6 Å². The van der Waals surface area contributed by atoms with Crippen molar-refractivity contribution >= 4 is 23.5 Å². The lowest BCUT2D eigenvalue weighted by Gasteiger charge is -2.56. The topological polar surface area (TPSA) is 73.9 Å². The van der Waals surface area contributed by atoms with E-state index in [-0.39, 0.29) is 28.6 Å². The van der Waals surface area contributed by atoms with Crippen molar-refractivity contribution in [3.05, 3.63) is 22.7 Å². The van der Waals surface area contributed by atoms with Crippen molar-refractivity contribution in [2.24, 2.45) is 17.8 Å². The maximum Gasteiger partial charge on any atom is 0.338 e. The highest BCUT2D eigenvalue weighted by Crippen LogP contribution is 2.55. The van der Waals surface area contributed by atoms with Crippen LogP contribution in [0.15, 0.2) is 12.1 Å². The van der Waals surface area contributed by atoms with Gasteiger partial charge < -0.3 is 19.5 Å². The fraction of sp³-hybridized carbons (Fsp3) is 0.619. The Morgan fingerprint density at radius 1 is 1.07 bits per heavy atom. The first-order valence-corrected chi connectivity index (χ1v) is 10.2. The molecule has 4 aliphatic carbocycles. The maximum atomic E-state index is 12.5. The van der Waals surface area contributed by atoms with Gasteiger partial charge in [0.1, 0.15) is 0 Å². The van der Waals surface area contributed by atoms with E-state index in [1.807, 2.05) is 0 Å². The zero-order valence-electron chi connectivity index (χ0n) is 16.3. The molecule has 0 radical (unpaired) electrons. The fourth-order valence-electron chi connectivity index (χ4n) is 5.85. The molecule has 28 heavy (non-hydrogen) atoms. The summed E-state index contributed by atoms with van der Waals surface area (Å²) >= 11 is 6.13. The molecule has 0 unspecified atom stereocenters. The normalized spacial score (nSPS) is 30.0. The third-order valence-electron chi connectivity index (χ3n) is 6.45. The number of methoxy groups -OCH3 is 2. The molecule has 0 aliphatic heterocycles.